The Morgan fingerprint density at radius 1 is 1.14 bits per heavy atom. The Labute approximate surface area is 216 Å². The largest absolute Gasteiger partial charge is 0.369 e. The first-order chi connectivity index (χ1) is 16.5. The molecule has 3 rings (SSSR count). The van der Waals surface area contributed by atoms with Crippen molar-refractivity contribution in [3.63, 3.8) is 0 Å². The predicted molar refractivity (Wildman–Crippen MR) is 139 cm³/mol. The van der Waals surface area contributed by atoms with E-state index in [-0.39, 0.29) is 22.2 Å². The molecular weight excluding hydrogens is 505 g/mol. The minimum absolute atomic E-state index is 0.0479. The lowest BCUT2D eigenvalue weighted by Crippen LogP contribution is -2.49. The monoisotopic (exact) mass is 531 g/mol. The second-order valence-electron chi connectivity index (χ2n) is 8.80. The molecule has 0 aliphatic heterocycles. The molecule has 2 aromatic carbocycles. The second-order valence-corrected chi connectivity index (χ2v) is 11.9. The fraction of sp³-hybridized carbons (Fsp3) is 0.308. The molecule has 0 heterocycles. The van der Waals surface area contributed by atoms with Crippen LogP contribution >= 0.6 is 23.2 Å². The number of halogens is 2. The van der Waals surface area contributed by atoms with E-state index < -0.39 is 33.0 Å². The smallest absolute Gasteiger partial charge is 0.225 e. The average molecular weight is 532 g/mol. The Bertz CT molecular complexity index is 1310. The molecule has 2 N–H and O–H groups in total. The van der Waals surface area contributed by atoms with E-state index in [9.17, 15) is 18.5 Å². The van der Waals surface area contributed by atoms with Gasteiger partial charge in [-0.2, -0.15) is 5.26 Å². The van der Waals surface area contributed by atoms with Crippen molar-refractivity contribution in [2.75, 3.05) is 26.4 Å². The van der Waals surface area contributed by atoms with E-state index >= 15 is 0 Å². The molecule has 3 unspecified atom stereocenters. The molecule has 0 aromatic heterocycles. The summed E-state index contributed by atoms with van der Waals surface area (Å²) in [4.78, 5) is 15.0. The highest BCUT2D eigenvalue weighted by molar-refractivity contribution is 7.91. The molecule has 0 bridgehead atoms. The zero-order valence-corrected chi connectivity index (χ0v) is 22.0. The molecule has 0 saturated heterocycles. The number of allylic oxidation sites excluding steroid dienone is 3. The van der Waals surface area contributed by atoms with Crippen LogP contribution in [0.15, 0.2) is 75.6 Å². The van der Waals surface area contributed by atoms with Crippen molar-refractivity contribution >= 4 is 44.5 Å². The van der Waals surface area contributed by atoms with Gasteiger partial charge in [-0.3, -0.25) is 4.79 Å². The van der Waals surface area contributed by atoms with Gasteiger partial charge in [-0.15, -0.1) is 0 Å². The molecule has 1 aliphatic rings. The van der Waals surface area contributed by atoms with E-state index in [1.807, 2.05) is 49.3 Å². The summed E-state index contributed by atoms with van der Waals surface area (Å²) in [6, 6.07) is 17.6. The lowest BCUT2D eigenvalue weighted by Gasteiger charge is -2.45. The first kappa shape index (κ1) is 27.0. The van der Waals surface area contributed by atoms with Crippen LogP contribution in [0.5, 0.6) is 0 Å². The highest BCUT2D eigenvalue weighted by atomic mass is 35.5. The van der Waals surface area contributed by atoms with Crippen molar-refractivity contribution in [3.8, 4) is 6.07 Å². The molecule has 184 valence electrons. The highest BCUT2D eigenvalue weighted by Crippen LogP contribution is 2.55. The molecule has 6 nitrogen and oxygen atoms in total. The van der Waals surface area contributed by atoms with Crippen LogP contribution in [0, 0.1) is 22.7 Å². The van der Waals surface area contributed by atoms with E-state index in [1.165, 1.54) is 12.1 Å². The zero-order valence-electron chi connectivity index (χ0n) is 19.7. The number of hydrogen-bond donors (Lipinski definition) is 1. The summed E-state index contributed by atoms with van der Waals surface area (Å²) in [6.07, 6.45) is 1.71. The molecule has 0 spiro atoms. The Morgan fingerprint density at radius 3 is 2.23 bits per heavy atom. The first-order valence-electron chi connectivity index (χ1n) is 11.0. The van der Waals surface area contributed by atoms with Gasteiger partial charge in [0.1, 0.15) is 0 Å². The van der Waals surface area contributed by atoms with Crippen molar-refractivity contribution < 1.29 is 13.2 Å². The fourth-order valence-corrected chi connectivity index (χ4v) is 6.55. The van der Waals surface area contributed by atoms with Gasteiger partial charge in [0.2, 0.25) is 5.91 Å². The number of amides is 1. The SMILES string of the molecule is CCS(=O)(=O)c1ccc(C(C(N)=O)C2(CN(C)C)C=C(Cl)C(c3ccccc3)=C(Cl)C2C#N)cc1. The highest BCUT2D eigenvalue weighted by Gasteiger charge is 2.52. The average Bonchev–Trinajstić information content (AvgIpc) is 2.79. The lowest BCUT2D eigenvalue weighted by molar-refractivity contribution is -0.122. The van der Waals surface area contributed by atoms with Gasteiger partial charge < -0.3 is 10.6 Å². The van der Waals surface area contributed by atoms with Gasteiger partial charge in [-0.05, 0) is 37.4 Å². The summed E-state index contributed by atoms with van der Waals surface area (Å²) in [7, 11) is 0.204. The Morgan fingerprint density at radius 2 is 1.74 bits per heavy atom. The number of rotatable bonds is 8. The fourth-order valence-electron chi connectivity index (χ4n) is 4.74. The second kappa shape index (κ2) is 10.5. The normalized spacial score (nSPS) is 21.4. The number of sulfone groups is 1. The summed E-state index contributed by atoms with van der Waals surface area (Å²) in [6.45, 7) is 1.80. The Kier molecular flexibility index (Phi) is 8.13. The van der Waals surface area contributed by atoms with Gasteiger partial charge in [-0.1, -0.05) is 78.7 Å². The molecule has 3 atom stereocenters. The third kappa shape index (κ3) is 5.17. The summed E-state index contributed by atoms with van der Waals surface area (Å²) >= 11 is 13.7. The molecule has 0 radical (unpaired) electrons. The maximum absolute atomic E-state index is 13.0. The van der Waals surface area contributed by atoms with Gasteiger partial charge in [-0.25, -0.2) is 8.42 Å². The molecule has 9 heteroatoms. The molecule has 1 aliphatic carbocycles. The number of primary amides is 1. The molecule has 2 aromatic rings. The minimum Gasteiger partial charge on any atom is -0.369 e. The summed E-state index contributed by atoms with van der Waals surface area (Å²) < 4.78 is 24.6. The molecule has 0 saturated carbocycles. The summed E-state index contributed by atoms with van der Waals surface area (Å²) in [5.41, 5.74) is 6.50. The maximum atomic E-state index is 13.0. The number of carbonyl (C=O) groups excluding carboxylic acids is 1. The van der Waals surface area contributed by atoms with Crippen molar-refractivity contribution in [2.45, 2.75) is 17.7 Å². The van der Waals surface area contributed by atoms with Crippen LogP contribution in [0.4, 0.5) is 0 Å². The topological polar surface area (TPSA) is 104 Å². The van der Waals surface area contributed by atoms with Crippen LogP contribution in [0.1, 0.15) is 24.0 Å². The van der Waals surface area contributed by atoms with E-state index in [1.54, 1.807) is 25.1 Å². The molecule has 1 amide bonds. The quantitative estimate of drug-likeness (QED) is 0.538. The van der Waals surface area contributed by atoms with Crippen molar-refractivity contribution in [1.29, 1.82) is 5.26 Å². The number of benzene rings is 2. The summed E-state index contributed by atoms with van der Waals surface area (Å²) in [5, 5.41) is 10.9. The maximum Gasteiger partial charge on any atom is 0.225 e. The Balaban J connectivity index is 2.25. The Hall–Kier alpha value is -2.63. The van der Waals surface area contributed by atoms with Crippen molar-refractivity contribution in [3.05, 3.63) is 81.9 Å². The van der Waals surface area contributed by atoms with E-state index in [0.29, 0.717) is 16.2 Å². The third-order valence-corrected chi connectivity index (χ3v) is 8.68. The third-order valence-electron chi connectivity index (χ3n) is 6.22. The number of nitriles is 1. The van der Waals surface area contributed by atoms with E-state index in [0.717, 1.165) is 5.56 Å². The van der Waals surface area contributed by atoms with Gasteiger partial charge in [0, 0.05) is 27.6 Å². The van der Waals surface area contributed by atoms with Crippen LogP contribution in [0.2, 0.25) is 0 Å². The van der Waals surface area contributed by atoms with Crippen LogP contribution in [0.3, 0.4) is 0 Å². The first-order valence-corrected chi connectivity index (χ1v) is 13.4. The molecule has 0 fully saturated rings. The number of hydrogen-bond acceptors (Lipinski definition) is 5. The minimum atomic E-state index is -3.43. The summed E-state index contributed by atoms with van der Waals surface area (Å²) in [5.74, 6) is -2.67. The van der Waals surface area contributed by atoms with Gasteiger partial charge in [0.15, 0.2) is 9.84 Å². The molecular formula is C26H27Cl2N3O3S. The zero-order chi connectivity index (χ0) is 26.0. The van der Waals surface area contributed by atoms with E-state index in [4.69, 9.17) is 28.9 Å². The van der Waals surface area contributed by atoms with Crippen molar-refractivity contribution in [2.24, 2.45) is 17.1 Å². The van der Waals surface area contributed by atoms with Crippen LogP contribution in [-0.4, -0.2) is 45.6 Å². The van der Waals surface area contributed by atoms with Gasteiger partial charge in [0.25, 0.3) is 0 Å². The predicted octanol–water partition coefficient (Wildman–Crippen LogP) is 4.52. The standard InChI is InChI=1S/C26H27Cl2N3O3S/c1-4-35(33,34)19-12-10-18(11-13-19)23(25(30)32)26(16-31(2)3)14-21(27)22(24(28)20(26)15-29)17-8-6-5-7-9-17/h5-14,20,23H,4,16H2,1-3H3,(H2,30,32). The lowest BCUT2D eigenvalue weighted by atomic mass is 9.61. The number of carbonyl (C=O) groups is 1. The van der Waals surface area contributed by atoms with Crippen molar-refractivity contribution in [1.82, 2.24) is 4.90 Å². The van der Waals surface area contributed by atoms with Crippen LogP contribution < -0.4 is 5.73 Å². The van der Waals surface area contributed by atoms with E-state index in [2.05, 4.69) is 6.07 Å². The molecule has 35 heavy (non-hydrogen) atoms. The number of nitrogens with zero attached hydrogens (tertiary/aromatic N) is 2. The van der Waals surface area contributed by atoms with Crippen LogP contribution in [-0.2, 0) is 14.6 Å². The number of nitrogens with two attached hydrogens (primary N) is 1. The van der Waals surface area contributed by atoms with Gasteiger partial charge in [0.05, 0.1) is 28.6 Å². The van der Waals surface area contributed by atoms with Gasteiger partial charge >= 0.3 is 0 Å². The van der Waals surface area contributed by atoms with Crippen LogP contribution in [0.25, 0.3) is 5.57 Å².